The van der Waals surface area contributed by atoms with Gasteiger partial charge in [0.1, 0.15) is 0 Å². The molecule has 0 spiro atoms. The Balaban J connectivity index is 2.35. The highest BCUT2D eigenvalue weighted by Gasteiger charge is 2.30. The molecule has 0 amide bonds. The van der Waals surface area contributed by atoms with Gasteiger partial charge >= 0.3 is 6.18 Å². The van der Waals surface area contributed by atoms with Crippen LogP contribution in [0.25, 0.3) is 0 Å². The summed E-state index contributed by atoms with van der Waals surface area (Å²) < 4.78 is 37.7. The molecule has 2 aromatic carbocycles. The third-order valence-electron chi connectivity index (χ3n) is 3.14. The van der Waals surface area contributed by atoms with Crippen molar-refractivity contribution in [2.45, 2.75) is 12.2 Å². The van der Waals surface area contributed by atoms with Gasteiger partial charge in [0.2, 0.25) is 0 Å². The van der Waals surface area contributed by atoms with Crippen LogP contribution in [-0.4, -0.2) is 7.05 Å². The molecule has 0 saturated heterocycles. The van der Waals surface area contributed by atoms with Gasteiger partial charge in [-0.1, -0.05) is 41.4 Å². The van der Waals surface area contributed by atoms with Gasteiger partial charge in [-0.25, -0.2) is 0 Å². The van der Waals surface area contributed by atoms with Gasteiger partial charge in [0.05, 0.1) is 21.7 Å². The molecule has 112 valence electrons. The second-order valence-corrected chi connectivity index (χ2v) is 5.33. The van der Waals surface area contributed by atoms with E-state index in [2.05, 4.69) is 5.32 Å². The number of halogens is 5. The van der Waals surface area contributed by atoms with Crippen LogP contribution in [0.5, 0.6) is 0 Å². The monoisotopic (exact) mass is 333 g/mol. The molecule has 0 aromatic heterocycles. The molecule has 0 bridgehead atoms. The molecule has 0 aliphatic carbocycles. The van der Waals surface area contributed by atoms with Crippen LogP contribution in [-0.2, 0) is 6.18 Å². The van der Waals surface area contributed by atoms with Gasteiger partial charge in [-0.15, -0.1) is 0 Å². The fraction of sp³-hybridized carbons (Fsp3) is 0.200. The second kappa shape index (κ2) is 6.26. The van der Waals surface area contributed by atoms with Gasteiger partial charge < -0.3 is 5.32 Å². The summed E-state index contributed by atoms with van der Waals surface area (Å²) in [5, 5.41) is 3.89. The maximum atomic E-state index is 12.6. The number of rotatable bonds is 3. The predicted octanol–water partition coefficient (Wildman–Crippen LogP) is 5.32. The Bertz CT molecular complexity index is 624. The van der Waals surface area contributed by atoms with Crippen molar-refractivity contribution < 1.29 is 13.2 Å². The molecule has 0 radical (unpaired) electrons. The van der Waals surface area contributed by atoms with Crippen LogP contribution >= 0.6 is 23.2 Å². The van der Waals surface area contributed by atoms with Crippen LogP contribution in [0.1, 0.15) is 22.7 Å². The van der Waals surface area contributed by atoms with E-state index in [1.807, 2.05) is 0 Å². The number of nitrogens with one attached hydrogen (secondary N) is 1. The summed E-state index contributed by atoms with van der Waals surface area (Å²) in [4.78, 5) is 0. The fourth-order valence-electron chi connectivity index (χ4n) is 2.08. The van der Waals surface area contributed by atoms with Gasteiger partial charge in [0.25, 0.3) is 0 Å². The fourth-order valence-corrected chi connectivity index (χ4v) is 2.39. The summed E-state index contributed by atoms with van der Waals surface area (Å²) in [5.74, 6) is 0. The summed E-state index contributed by atoms with van der Waals surface area (Å²) in [6, 6.07) is 9.92. The molecule has 0 saturated carbocycles. The molecular weight excluding hydrogens is 322 g/mol. The van der Waals surface area contributed by atoms with Crippen molar-refractivity contribution in [3.8, 4) is 0 Å². The number of alkyl halides is 3. The Morgan fingerprint density at radius 1 is 0.905 bits per heavy atom. The SMILES string of the molecule is CNC(c1ccc(C(F)(F)F)cc1)c1ccc(Cl)c(Cl)c1. The van der Waals surface area contributed by atoms with Crippen molar-refractivity contribution in [2.75, 3.05) is 7.05 Å². The highest BCUT2D eigenvalue weighted by Crippen LogP contribution is 2.32. The lowest BCUT2D eigenvalue weighted by atomic mass is 9.98. The maximum absolute atomic E-state index is 12.6. The van der Waals surface area contributed by atoms with Gasteiger partial charge in [0.15, 0.2) is 0 Å². The number of hydrogen-bond donors (Lipinski definition) is 1. The Morgan fingerprint density at radius 2 is 1.48 bits per heavy atom. The largest absolute Gasteiger partial charge is 0.416 e. The first kappa shape index (κ1) is 16.1. The zero-order chi connectivity index (χ0) is 15.6. The van der Waals surface area contributed by atoms with Gasteiger partial charge in [-0.3, -0.25) is 0 Å². The Hall–Kier alpha value is -1.23. The highest BCUT2D eigenvalue weighted by molar-refractivity contribution is 6.42. The van der Waals surface area contributed by atoms with E-state index in [0.29, 0.717) is 15.6 Å². The van der Waals surface area contributed by atoms with E-state index in [4.69, 9.17) is 23.2 Å². The van der Waals surface area contributed by atoms with E-state index >= 15 is 0 Å². The molecule has 6 heteroatoms. The standard InChI is InChI=1S/C15H12Cl2F3N/c1-21-14(10-4-7-12(16)13(17)8-10)9-2-5-11(6-3-9)15(18,19)20/h2-8,14,21H,1H3. The Kier molecular flexibility index (Phi) is 4.81. The molecule has 0 fully saturated rings. The molecule has 2 aromatic rings. The van der Waals surface area contributed by atoms with Gasteiger partial charge in [0, 0.05) is 0 Å². The van der Waals surface area contributed by atoms with E-state index in [0.717, 1.165) is 17.7 Å². The smallest absolute Gasteiger partial charge is 0.309 e. The maximum Gasteiger partial charge on any atom is 0.416 e. The first-order valence-corrected chi connectivity index (χ1v) is 6.88. The summed E-state index contributed by atoms with van der Waals surface area (Å²) in [6.45, 7) is 0. The number of hydrogen-bond acceptors (Lipinski definition) is 1. The topological polar surface area (TPSA) is 12.0 Å². The normalized spacial score (nSPS) is 13.2. The summed E-state index contributed by atoms with van der Waals surface area (Å²) >= 11 is 11.8. The van der Waals surface area contributed by atoms with Crippen molar-refractivity contribution in [1.82, 2.24) is 5.32 Å². The average Bonchev–Trinajstić information content (AvgIpc) is 2.43. The number of benzene rings is 2. The van der Waals surface area contributed by atoms with Crippen molar-refractivity contribution >= 4 is 23.2 Å². The second-order valence-electron chi connectivity index (χ2n) is 4.52. The predicted molar refractivity (Wildman–Crippen MR) is 78.8 cm³/mol. The molecule has 0 aliphatic rings. The lowest BCUT2D eigenvalue weighted by Crippen LogP contribution is -2.18. The van der Waals surface area contributed by atoms with Gasteiger partial charge in [-0.2, -0.15) is 13.2 Å². The van der Waals surface area contributed by atoms with E-state index in [1.165, 1.54) is 12.1 Å². The molecule has 21 heavy (non-hydrogen) atoms. The zero-order valence-corrected chi connectivity index (χ0v) is 12.5. The first-order valence-electron chi connectivity index (χ1n) is 6.12. The molecule has 1 N–H and O–H groups in total. The van der Waals surface area contributed by atoms with Crippen LogP contribution in [0, 0.1) is 0 Å². The van der Waals surface area contributed by atoms with Crippen LogP contribution in [0.2, 0.25) is 10.0 Å². The minimum atomic E-state index is -4.34. The van der Waals surface area contributed by atoms with Crippen molar-refractivity contribution in [3.05, 3.63) is 69.2 Å². The molecule has 0 aliphatic heterocycles. The Labute approximate surface area is 130 Å². The molecular formula is C15H12Cl2F3N. The van der Waals surface area contributed by atoms with Crippen LogP contribution < -0.4 is 5.32 Å². The summed E-state index contributed by atoms with van der Waals surface area (Å²) in [5.41, 5.74) is 0.866. The first-order chi connectivity index (χ1) is 9.82. The Morgan fingerprint density at radius 3 is 1.95 bits per heavy atom. The summed E-state index contributed by atoms with van der Waals surface area (Å²) in [6.07, 6.45) is -4.34. The zero-order valence-electron chi connectivity index (χ0n) is 11.0. The quantitative estimate of drug-likeness (QED) is 0.801. The summed E-state index contributed by atoms with van der Waals surface area (Å²) in [7, 11) is 1.73. The third kappa shape index (κ3) is 3.70. The van der Waals surface area contributed by atoms with Crippen molar-refractivity contribution in [3.63, 3.8) is 0 Å². The third-order valence-corrected chi connectivity index (χ3v) is 3.88. The van der Waals surface area contributed by atoms with Crippen molar-refractivity contribution in [2.24, 2.45) is 0 Å². The molecule has 2 rings (SSSR count). The molecule has 1 nitrogen and oxygen atoms in total. The van der Waals surface area contributed by atoms with Crippen LogP contribution in [0.3, 0.4) is 0 Å². The molecule has 0 heterocycles. The lowest BCUT2D eigenvalue weighted by Gasteiger charge is -2.18. The minimum absolute atomic E-state index is 0.262. The van der Waals surface area contributed by atoms with E-state index < -0.39 is 11.7 Å². The molecule has 1 unspecified atom stereocenters. The van der Waals surface area contributed by atoms with Crippen LogP contribution in [0.15, 0.2) is 42.5 Å². The van der Waals surface area contributed by atoms with E-state index in [1.54, 1.807) is 25.2 Å². The molecule has 1 atom stereocenters. The lowest BCUT2D eigenvalue weighted by molar-refractivity contribution is -0.137. The van der Waals surface area contributed by atoms with Gasteiger partial charge in [-0.05, 0) is 42.4 Å². The minimum Gasteiger partial charge on any atom is -0.309 e. The van der Waals surface area contributed by atoms with Crippen LogP contribution in [0.4, 0.5) is 13.2 Å². The van der Waals surface area contributed by atoms with E-state index in [-0.39, 0.29) is 6.04 Å². The highest BCUT2D eigenvalue weighted by atomic mass is 35.5. The van der Waals surface area contributed by atoms with E-state index in [9.17, 15) is 13.2 Å². The average molecular weight is 334 g/mol. The van der Waals surface area contributed by atoms with Crippen molar-refractivity contribution in [1.29, 1.82) is 0 Å².